The Hall–Kier alpha value is -2.77. The molecule has 1 fully saturated rings. The van der Waals surface area contributed by atoms with Crippen LogP contribution < -0.4 is 5.73 Å². The van der Waals surface area contributed by atoms with Crippen LogP contribution in [0.4, 0.5) is 10.7 Å². The van der Waals surface area contributed by atoms with Gasteiger partial charge in [-0.2, -0.15) is 5.10 Å². The molecule has 4 rings (SSSR count). The van der Waals surface area contributed by atoms with E-state index < -0.39 is 5.60 Å². The number of likely N-dealkylation sites (tertiary alicyclic amines) is 1. The molecular weight excluding hydrogens is 380 g/mol. The topological polar surface area (TPSA) is 91.2 Å². The zero-order valence-corrected chi connectivity index (χ0v) is 18.6. The molecule has 3 aromatic rings. The van der Waals surface area contributed by atoms with Crippen molar-refractivity contribution < 1.29 is 9.53 Å². The predicted molar refractivity (Wildman–Crippen MR) is 119 cm³/mol. The lowest BCUT2D eigenvalue weighted by molar-refractivity contribution is 0.0238. The lowest BCUT2D eigenvalue weighted by Gasteiger charge is -2.29. The fourth-order valence-electron chi connectivity index (χ4n) is 4.27. The molecular formula is C22H32N6O2. The Bertz CT molecular complexity index is 1070. The summed E-state index contributed by atoms with van der Waals surface area (Å²) in [5, 5.41) is 5.59. The number of hydrogen-bond acceptors (Lipinski definition) is 5. The number of ether oxygens (including phenoxy) is 1. The predicted octanol–water partition coefficient (Wildman–Crippen LogP) is 4.51. The van der Waals surface area contributed by atoms with Crippen molar-refractivity contribution in [3.8, 4) is 0 Å². The highest BCUT2D eigenvalue weighted by Gasteiger charge is 2.29. The molecule has 0 unspecified atom stereocenters. The van der Waals surface area contributed by atoms with Crippen LogP contribution in [0.2, 0.25) is 0 Å². The van der Waals surface area contributed by atoms with Gasteiger partial charge >= 0.3 is 6.09 Å². The Morgan fingerprint density at radius 2 is 2.00 bits per heavy atom. The third-order valence-corrected chi connectivity index (χ3v) is 5.59. The molecule has 1 aliphatic rings. The van der Waals surface area contributed by atoms with Crippen molar-refractivity contribution in [3.05, 3.63) is 18.3 Å². The van der Waals surface area contributed by atoms with Gasteiger partial charge in [-0.05, 0) is 66.0 Å². The molecule has 0 saturated carbocycles. The van der Waals surface area contributed by atoms with Gasteiger partial charge in [0.05, 0.1) is 28.8 Å². The molecule has 0 aliphatic carbocycles. The Balaban J connectivity index is 1.71. The summed E-state index contributed by atoms with van der Waals surface area (Å²) in [6, 6.07) is 4.50. The van der Waals surface area contributed by atoms with Crippen molar-refractivity contribution in [1.82, 2.24) is 24.2 Å². The molecule has 2 N–H and O–H groups in total. The molecule has 1 aliphatic heterocycles. The largest absolute Gasteiger partial charge is 0.444 e. The Morgan fingerprint density at radius 1 is 1.23 bits per heavy atom. The fraction of sp³-hybridized carbons (Fsp3) is 0.591. The zero-order valence-electron chi connectivity index (χ0n) is 18.6. The van der Waals surface area contributed by atoms with Crippen LogP contribution in [0.3, 0.4) is 0 Å². The minimum atomic E-state index is -0.512. The SMILES string of the molecule is CC(C)n1ncc2cc3c(cc21)nc(N)n3[C@@H]1CCCCN(C(=O)OC(C)(C)C)C1. The van der Waals surface area contributed by atoms with Crippen molar-refractivity contribution in [3.63, 3.8) is 0 Å². The van der Waals surface area contributed by atoms with Crippen LogP contribution in [0.1, 0.15) is 66.0 Å². The molecule has 8 heteroatoms. The second kappa shape index (κ2) is 7.49. The molecule has 30 heavy (non-hydrogen) atoms. The third kappa shape index (κ3) is 3.82. The molecule has 1 atom stereocenters. The first kappa shape index (κ1) is 20.5. The van der Waals surface area contributed by atoms with E-state index in [1.165, 1.54) is 0 Å². The van der Waals surface area contributed by atoms with Crippen LogP contribution in [0.5, 0.6) is 0 Å². The number of rotatable bonds is 2. The van der Waals surface area contributed by atoms with Gasteiger partial charge in [0, 0.05) is 24.5 Å². The number of imidazole rings is 1. The van der Waals surface area contributed by atoms with Gasteiger partial charge in [0.15, 0.2) is 0 Å². The van der Waals surface area contributed by atoms with E-state index in [9.17, 15) is 4.79 Å². The molecule has 8 nitrogen and oxygen atoms in total. The fourth-order valence-corrected chi connectivity index (χ4v) is 4.27. The molecule has 0 radical (unpaired) electrons. The number of hydrogen-bond donors (Lipinski definition) is 1. The quantitative estimate of drug-likeness (QED) is 0.669. The third-order valence-electron chi connectivity index (χ3n) is 5.59. The normalized spacial score (nSPS) is 18.3. The van der Waals surface area contributed by atoms with Crippen LogP contribution >= 0.6 is 0 Å². The molecule has 162 valence electrons. The van der Waals surface area contributed by atoms with E-state index in [1.807, 2.05) is 36.5 Å². The first-order valence-corrected chi connectivity index (χ1v) is 10.8. The molecule has 1 aromatic carbocycles. The molecule has 1 saturated heterocycles. The van der Waals surface area contributed by atoms with E-state index in [0.29, 0.717) is 19.0 Å². The number of amides is 1. The highest BCUT2D eigenvalue weighted by Crippen LogP contribution is 2.32. The van der Waals surface area contributed by atoms with Crippen LogP contribution in [-0.4, -0.2) is 49.0 Å². The number of carbonyl (C=O) groups is 1. The van der Waals surface area contributed by atoms with Gasteiger partial charge in [-0.1, -0.05) is 0 Å². The molecule has 0 spiro atoms. The van der Waals surface area contributed by atoms with Gasteiger partial charge in [-0.15, -0.1) is 0 Å². The molecule has 3 heterocycles. The number of anilines is 1. The van der Waals surface area contributed by atoms with Gasteiger partial charge in [-0.3, -0.25) is 4.68 Å². The van der Waals surface area contributed by atoms with Crippen molar-refractivity contribution in [2.75, 3.05) is 18.8 Å². The van der Waals surface area contributed by atoms with E-state index in [2.05, 4.69) is 40.6 Å². The van der Waals surface area contributed by atoms with Crippen LogP contribution in [-0.2, 0) is 4.74 Å². The number of aromatic nitrogens is 4. The average Bonchev–Trinajstić information content (AvgIpc) is 3.08. The summed E-state index contributed by atoms with van der Waals surface area (Å²) in [7, 11) is 0. The maximum Gasteiger partial charge on any atom is 0.410 e. The first-order valence-electron chi connectivity index (χ1n) is 10.8. The van der Waals surface area contributed by atoms with Crippen molar-refractivity contribution in [1.29, 1.82) is 0 Å². The van der Waals surface area contributed by atoms with E-state index in [0.717, 1.165) is 41.2 Å². The minimum Gasteiger partial charge on any atom is -0.444 e. The number of fused-ring (bicyclic) bond motifs is 2. The lowest BCUT2D eigenvalue weighted by atomic mass is 10.1. The van der Waals surface area contributed by atoms with Crippen molar-refractivity contribution in [2.24, 2.45) is 0 Å². The van der Waals surface area contributed by atoms with Crippen LogP contribution in [0.15, 0.2) is 18.3 Å². The van der Waals surface area contributed by atoms with Crippen LogP contribution in [0.25, 0.3) is 21.9 Å². The second-order valence-electron chi connectivity index (χ2n) is 9.50. The smallest absolute Gasteiger partial charge is 0.410 e. The maximum atomic E-state index is 12.7. The summed E-state index contributed by atoms with van der Waals surface area (Å²) in [4.78, 5) is 19.2. The first-order chi connectivity index (χ1) is 14.1. The number of nitrogen functional groups attached to an aromatic ring is 1. The van der Waals surface area contributed by atoms with Gasteiger partial charge in [-0.25, -0.2) is 9.78 Å². The average molecular weight is 413 g/mol. The maximum absolute atomic E-state index is 12.7. The summed E-state index contributed by atoms with van der Waals surface area (Å²) in [6.07, 6.45) is 4.54. The molecule has 1 amide bonds. The highest BCUT2D eigenvalue weighted by atomic mass is 16.6. The second-order valence-corrected chi connectivity index (χ2v) is 9.50. The monoisotopic (exact) mass is 412 g/mol. The number of nitrogens with two attached hydrogens (primary N) is 1. The van der Waals surface area contributed by atoms with Crippen molar-refractivity contribution >= 4 is 34.0 Å². The highest BCUT2D eigenvalue weighted by molar-refractivity contribution is 5.94. The number of nitrogens with zero attached hydrogens (tertiary/aromatic N) is 5. The summed E-state index contributed by atoms with van der Waals surface area (Å²) < 4.78 is 9.71. The van der Waals surface area contributed by atoms with Gasteiger partial charge < -0.3 is 19.9 Å². The number of benzene rings is 1. The Labute approximate surface area is 177 Å². The van der Waals surface area contributed by atoms with Crippen LogP contribution in [0, 0.1) is 0 Å². The van der Waals surface area contributed by atoms with Gasteiger partial charge in [0.25, 0.3) is 0 Å². The van der Waals surface area contributed by atoms with Gasteiger partial charge in [0.1, 0.15) is 5.60 Å². The lowest BCUT2D eigenvalue weighted by Crippen LogP contribution is -2.39. The minimum absolute atomic E-state index is 0.0580. The van der Waals surface area contributed by atoms with E-state index in [4.69, 9.17) is 10.5 Å². The standard InChI is InChI=1S/C22H32N6O2/c1-14(2)28-18-11-17-19(10-15(18)12-24-28)27(20(23)25-17)16-8-6-7-9-26(13-16)21(29)30-22(3,4)5/h10-12,14,16H,6-9,13H2,1-5H3,(H2,23,25)/t16-/m1/s1. The summed E-state index contributed by atoms with van der Waals surface area (Å²) in [5.74, 6) is 0.484. The summed E-state index contributed by atoms with van der Waals surface area (Å²) >= 11 is 0. The Morgan fingerprint density at radius 3 is 2.70 bits per heavy atom. The van der Waals surface area contributed by atoms with Crippen molar-refractivity contribution in [2.45, 2.75) is 71.6 Å². The van der Waals surface area contributed by atoms with E-state index >= 15 is 0 Å². The molecule has 0 bridgehead atoms. The molecule has 2 aromatic heterocycles. The van der Waals surface area contributed by atoms with E-state index in [-0.39, 0.29) is 18.2 Å². The van der Waals surface area contributed by atoms with E-state index in [1.54, 1.807) is 0 Å². The summed E-state index contributed by atoms with van der Waals surface area (Å²) in [6.45, 7) is 11.2. The number of carbonyl (C=O) groups excluding carboxylic acids is 1. The zero-order chi connectivity index (χ0) is 21.6. The van der Waals surface area contributed by atoms with Gasteiger partial charge in [0.2, 0.25) is 5.95 Å². The summed E-state index contributed by atoms with van der Waals surface area (Å²) in [5.41, 5.74) is 8.77. The Kier molecular flexibility index (Phi) is 5.11.